The Labute approximate surface area is 86.2 Å². The summed E-state index contributed by atoms with van der Waals surface area (Å²) >= 11 is 0. The van der Waals surface area contributed by atoms with E-state index in [1.54, 1.807) is 0 Å². The minimum absolute atomic E-state index is 0.180. The fourth-order valence-corrected chi connectivity index (χ4v) is 0.915. The molecule has 80 valence electrons. The highest BCUT2D eigenvalue weighted by molar-refractivity contribution is 5.12. The lowest BCUT2D eigenvalue weighted by Crippen LogP contribution is -2.17. The van der Waals surface area contributed by atoms with Crippen LogP contribution in [0.25, 0.3) is 0 Å². The van der Waals surface area contributed by atoms with Gasteiger partial charge < -0.3 is 10.4 Å². The van der Waals surface area contributed by atoms with Crippen molar-refractivity contribution in [2.75, 3.05) is 13.2 Å². The van der Waals surface area contributed by atoms with E-state index in [9.17, 15) is 0 Å². The van der Waals surface area contributed by atoms with Crippen LogP contribution in [0, 0.1) is 6.92 Å². The fourth-order valence-electron chi connectivity index (χ4n) is 0.915. The van der Waals surface area contributed by atoms with Crippen LogP contribution in [-0.4, -0.2) is 23.2 Å². The molecule has 0 spiro atoms. The number of nitrogens with one attached hydrogen (secondary N) is 1. The SMILES string of the molecule is CC.Cc1ccc(CNCCO)cn1. The molecule has 0 bridgehead atoms. The largest absolute Gasteiger partial charge is 0.395 e. The minimum Gasteiger partial charge on any atom is -0.395 e. The molecule has 1 heterocycles. The zero-order valence-corrected chi connectivity index (χ0v) is 9.25. The maximum atomic E-state index is 8.51. The third kappa shape index (κ3) is 5.67. The Morgan fingerprint density at radius 2 is 2.07 bits per heavy atom. The summed E-state index contributed by atoms with van der Waals surface area (Å²) in [6, 6.07) is 4.02. The minimum atomic E-state index is 0.180. The van der Waals surface area contributed by atoms with Gasteiger partial charge >= 0.3 is 0 Å². The molecule has 1 aromatic heterocycles. The second-order valence-electron chi connectivity index (χ2n) is 2.71. The van der Waals surface area contributed by atoms with E-state index in [4.69, 9.17) is 5.11 Å². The van der Waals surface area contributed by atoms with E-state index in [0.29, 0.717) is 6.54 Å². The van der Waals surface area contributed by atoms with Gasteiger partial charge in [0, 0.05) is 25.0 Å². The molecule has 0 unspecified atom stereocenters. The molecule has 2 N–H and O–H groups in total. The van der Waals surface area contributed by atoms with Crippen molar-refractivity contribution >= 4 is 0 Å². The van der Waals surface area contributed by atoms with Crippen LogP contribution in [0.4, 0.5) is 0 Å². The highest BCUT2D eigenvalue weighted by Crippen LogP contribution is 1.97. The van der Waals surface area contributed by atoms with Crippen molar-refractivity contribution < 1.29 is 5.11 Å². The zero-order valence-electron chi connectivity index (χ0n) is 9.25. The normalized spacial score (nSPS) is 9.14. The first-order chi connectivity index (χ1) is 6.83. The Bertz CT molecular complexity index is 221. The topological polar surface area (TPSA) is 45.1 Å². The number of aliphatic hydroxyl groups excluding tert-OH is 1. The Morgan fingerprint density at radius 3 is 2.57 bits per heavy atom. The van der Waals surface area contributed by atoms with Crippen LogP contribution in [0.5, 0.6) is 0 Å². The van der Waals surface area contributed by atoms with Crippen LogP contribution in [-0.2, 0) is 6.54 Å². The van der Waals surface area contributed by atoms with Gasteiger partial charge in [-0.05, 0) is 18.6 Å². The summed E-state index contributed by atoms with van der Waals surface area (Å²) in [4.78, 5) is 4.16. The van der Waals surface area contributed by atoms with Crippen molar-refractivity contribution in [3.8, 4) is 0 Å². The number of aliphatic hydroxyl groups is 1. The van der Waals surface area contributed by atoms with Gasteiger partial charge in [0.25, 0.3) is 0 Å². The molecule has 0 saturated carbocycles. The highest BCUT2D eigenvalue weighted by Gasteiger charge is 1.91. The molecule has 0 aromatic carbocycles. The molecular weight excluding hydrogens is 176 g/mol. The van der Waals surface area contributed by atoms with E-state index in [1.165, 1.54) is 0 Å². The van der Waals surface area contributed by atoms with E-state index < -0.39 is 0 Å². The van der Waals surface area contributed by atoms with Gasteiger partial charge in [0.1, 0.15) is 0 Å². The van der Waals surface area contributed by atoms with Crippen molar-refractivity contribution in [1.29, 1.82) is 0 Å². The summed E-state index contributed by atoms with van der Waals surface area (Å²) in [7, 11) is 0. The standard InChI is InChI=1S/C9H14N2O.C2H6/c1-8-2-3-9(7-11-8)6-10-4-5-12;1-2/h2-3,7,10,12H,4-6H2,1H3;1-2H3. The molecular formula is C11H20N2O. The lowest BCUT2D eigenvalue weighted by Gasteiger charge is -2.01. The third-order valence-corrected chi connectivity index (χ3v) is 1.59. The summed E-state index contributed by atoms with van der Waals surface area (Å²) in [5.74, 6) is 0. The number of hydrogen-bond acceptors (Lipinski definition) is 3. The summed E-state index contributed by atoms with van der Waals surface area (Å²) < 4.78 is 0. The molecule has 0 aliphatic rings. The summed E-state index contributed by atoms with van der Waals surface area (Å²) in [6.07, 6.45) is 1.85. The number of hydrogen-bond donors (Lipinski definition) is 2. The lowest BCUT2D eigenvalue weighted by molar-refractivity contribution is 0.292. The van der Waals surface area contributed by atoms with E-state index in [2.05, 4.69) is 10.3 Å². The molecule has 0 amide bonds. The third-order valence-electron chi connectivity index (χ3n) is 1.59. The van der Waals surface area contributed by atoms with Crippen LogP contribution in [0.1, 0.15) is 25.1 Å². The van der Waals surface area contributed by atoms with Crippen LogP contribution >= 0.6 is 0 Å². The van der Waals surface area contributed by atoms with Crippen LogP contribution in [0.2, 0.25) is 0 Å². The molecule has 14 heavy (non-hydrogen) atoms. The Kier molecular flexibility index (Phi) is 8.08. The molecule has 1 rings (SSSR count). The summed E-state index contributed by atoms with van der Waals surface area (Å²) in [5.41, 5.74) is 2.18. The first-order valence-electron chi connectivity index (χ1n) is 5.06. The Balaban J connectivity index is 0.000000791. The molecule has 0 atom stereocenters. The first-order valence-corrected chi connectivity index (χ1v) is 5.06. The van der Waals surface area contributed by atoms with Crippen LogP contribution in [0.15, 0.2) is 18.3 Å². The van der Waals surface area contributed by atoms with Crippen molar-refractivity contribution in [3.05, 3.63) is 29.6 Å². The Hall–Kier alpha value is -0.930. The van der Waals surface area contributed by atoms with E-state index in [0.717, 1.165) is 17.8 Å². The van der Waals surface area contributed by atoms with E-state index >= 15 is 0 Å². The monoisotopic (exact) mass is 196 g/mol. The van der Waals surface area contributed by atoms with Gasteiger partial charge in [0.2, 0.25) is 0 Å². The number of rotatable bonds is 4. The van der Waals surface area contributed by atoms with Gasteiger partial charge in [-0.25, -0.2) is 0 Å². The average Bonchev–Trinajstić information content (AvgIpc) is 2.24. The average molecular weight is 196 g/mol. The molecule has 0 aliphatic heterocycles. The van der Waals surface area contributed by atoms with Crippen molar-refractivity contribution in [2.24, 2.45) is 0 Å². The molecule has 0 radical (unpaired) electrons. The summed E-state index contributed by atoms with van der Waals surface area (Å²) in [5, 5.41) is 11.6. The smallest absolute Gasteiger partial charge is 0.0556 e. The predicted molar refractivity (Wildman–Crippen MR) is 59.1 cm³/mol. The number of pyridine rings is 1. The van der Waals surface area contributed by atoms with Gasteiger partial charge in [-0.3, -0.25) is 4.98 Å². The number of nitrogens with zero attached hydrogens (tertiary/aromatic N) is 1. The second-order valence-corrected chi connectivity index (χ2v) is 2.71. The first kappa shape index (κ1) is 13.1. The van der Waals surface area contributed by atoms with E-state index in [1.807, 2.05) is 39.1 Å². The number of aryl methyl sites for hydroxylation is 1. The predicted octanol–water partition coefficient (Wildman–Crippen LogP) is 1.50. The molecule has 0 fully saturated rings. The second kappa shape index (κ2) is 8.66. The van der Waals surface area contributed by atoms with Gasteiger partial charge in [0.15, 0.2) is 0 Å². The highest BCUT2D eigenvalue weighted by atomic mass is 16.3. The molecule has 1 aromatic rings. The van der Waals surface area contributed by atoms with Crippen molar-refractivity contribution in [3.63, 3.8) is 0 Å². The van der Waals surface area contributed by atoms with Gasteiger partial charge in [-0.15, -0.1) is 0 Å². The maximum absolute atomic E-state index is 8.51. The van der Waals surface area contributed by atoms with Gasteiger partial charge in [-0.1, -0.05) is 19.9 Å². The van der Waals surface area contributed by atoms with Crippen molar-refractivity contribution in [2.45, 2.75) is 27.3 Å². The number of aromatic nitrogens is 1. The van der Waals surface area contributed by atoms with Gasteiger partial charge in [0.05, 0.1) is 6.61 Å². The van der Waals surface area contributed by atoms with Crippen molar-refractivity contribution in [1.82, 2.24) is 10.3 Å². The zero-order chi connectivity index (χ0) is 10.8. The molecule has 3 nitrogen and oxygen atoms in total. The van der Waals surface area contributed by atoms with Crippen LogP contribution in [0.3, 0.4) is 0 Å². The van der Waals surface area contributed by atoms with Crippen LogP contribution < -0.4 is 5.32 Å². The maximum Gasteiger partial charge on any atom is 0.0556 e. The van der Waals surface area contributed by atoms with Gasteiger partial charge in [-0.2, -0.15) is 0 Å². The Morgan fingerprint density at radius 1 is 1.36 bits per heavy atom. The molecule has 3 heteroatoms. The summed E-state index contributed by atoms with van der Waals surface area (Å²) in [6.45, 7) is 7.55. The molecule has 0 aliphatic carbocycles. The lowest BCUT2D eigenvalue weighted by atomic mass is 10.2. The molecule has 0 saturated heterocycles. The quantitative estimate of drug-likeness (QED) is 0.717. The van der Waals surface area contributed by atoms with E-state index in [-0.39, 0.29) is 6.61 Å². The fraction of sp³-hybridized carbons (Fsp3) is 0.545.